The molecule has 0 N–H and O–H groups in total. The molecule has 6 nitrogen and oxygen atoms in total. The van der Waals surface area contributed by atoms with Crippen LogP contribution in [0.4, 0.5) is 0 Å². The Kier molecular flexibility index (Phi) is 4.73. The van der Waals surface area contributed by atoms with Gasteiger partial charge >= 0.3 is 5.63 Å². The topological polar surface area (TPSA) is 61.1 Å². The molecule has 146 valence electrons. The summed E-state index contributed by atoms with van der Waals surface area (Å²) < 4.78 is 22.3. The molecule has 0 aliphatic carbocycles. The average Bonchev–Trinajstić information content (AvgIpc) is 2.72. The summed E-state index contributed by atoms with van der Waals surface area (Å²) in [7, 11) is 3.15. The van der Waals surface area contributed by atoms with Crippen LogP contribution in [0.3, 0.4) is 0 Å². The van der Waals surface area contributed by atoms with E-state index in [0.29, 0.717) is 47.5 Å². The van der Waals surface area contributed by atoms with Crippen LogP contribution in [0.5, 0.6) is 17.2 Å². The van der Waals surface area contributed by atoms with Gasteiger partial charge in [-0.1, -0.05) is 0 Å². The molecule has 0 bridgehead atoms. The van der Waals surface area contributed by atoms with E-state index in [4.69, 9.17) is 18.6 Å². The molecule has 0 saturated heterocycles. The van der Waals surface area contributed by atoms with Gasteiger partial charge in [-0.3, -0.25) is 4.90 Å². The minimum Gasteiger partial charge on any atom is -0.497 e. The van der Waals surface area contributed by atoms with Gasteiger partial charge in [-0.2, -0.15) is 0 Å². The molecule has 2 aromatic carbocycles. The third kappa shape index (κ3) is 3.10. The molecule has 3 aromatic rings. The second-order valence-corrected chi connectivity index (χ2v) is 7.09. The van der Waals surface area contributed by atoms with Crippen molar-refractivity contribution in [1.82, 2.24) is 4.90 Å². The number of methoxy groups -OCH3 is 2. The first-order chi connectivity index (χ1) is 13.5. The van der Waals surface area contributed by atoms with Crippen molar-refractivity contribution in [3.8, 4) is 28.4 Å². The van der Waals surface area contributed by atoms with Crippen LogP contribution in [0.2, 0.25) is 0 Å². The summed E-state index contributed by atoms with van der Waals surface area (Å²) in [6.45, 7) is 5.44. The molecule has 0 amide bonds. The molecule has 28 heavy (non-hydrogen) atoms. The number of hydrogen-bond acceptors (Lipinski definition) is 6. The summed E-state index contributed by atoms with van der Waals surface area (Å²) in [4.78, 5) is 15.0. The highest BCUT2D eigenvalue weighted by molar-refractivity contribution is 5.87. The van der Waals surface area contributed by atoms with Gasteiger partial charge in [0.25, 0.3) is 0 Å². The molecule has 0 fully saturated rings. The van der Waals surface area contributed by atoms with E-state index in [9.17, 15) is 4.79 Å². The van der Waals surface area contributed by atoms with Crippen LogP contribution >= 0.6 is 0 Å². The molecule has 1 aromatic heterocycles. The van der Waals surface area contributed by atoms with Crippen molar-refractivity contribution in [3.05, 3.63) is 52.4 Å². The minimum atomic E-state index is -0.411. The fraction of sp³-hybridized carbons (Fsp3) is 0.318. The number of nitrogens with zero attached hydrogens (tertiary/aromatic N) is 1. The minimum absolute atomic E-state index is 0.331. The van der Waals surface area contributed by atoms with Gasteiger partial charge in [-0.05, 0) is 44.2 Å². The van der Waals surface area contributed by atoms with Gasteiger partial charge in [0.1, 0.15) is 29.6 Å². The molecule has 0 saturated carbocycles. The third-order valence-corrected chi connectivity index (χ3v) is 5.14. The number of rotatable bonds is 4. The largest absolute Gasteiger partial charge is 0.497 e. The highest BCUT2D eigenvalue weighted by atomic mass is 16.5. The molecule has 0 radical (unpaired) electrons. The van der Waals surface area contributed by atoms with Crippen LogP contribution < -0.4 is 19.8 Å². The van der Waals surface area contributed by atoms with Crippen LogP contribution in [0.25, 0.3) is 22.1 Å². The van der Waals surface area contributed by atoms with Gasteiger partial charge in [0, 0.05) is 29.6 Å². The van der Waals surface area contributed by atoms with Crippen LogP contribution in [0.1, 0.15) is 19.4 Å². The molecule has 4 rings (SSSR count). The predicted octanol–water partition coefficient (Wildman–Crippen LogP) is 4.04. The standard InChI is InChI=1S/C22H23NO5/c1-13(2)23-11-18-19(27-12-23)8-5-14-9-17(22(24)28-21(14)18)16-7-6-15(25-3)10-20(16)26-4/h5-10,13H,11-12H2,1-4H3. The van der Waals surface area contributed by atoms with E-state index < -0.39 is 5.63 Å². The number of ether oxygens (including phenoxy) is 3. The lowest BCUT2D eigenvalue weighted by molar-refractivity contribution is 0.0689. The first-order valence-electron chi connectivity index (χ1n) is 9.20. The fourth-order valence-corrected chi connectivity index (χ4v) is 3.45. The summed E-state index contributed by atoms with van der Waals surface area (Å²) in [5.74, 6) is 1.98. The second kappa shape index (κ2) is 7.20. The maximum absolute atomic E-state index is 12.8. The summed E-state index contributed by atoms with van der Waals surface area (Å²) >= 11 is 0. The van der Waals surface area contributed by atoms with E-state index in [2.05, 4.69) is 18.7 Å². The van der Waals surface area contributed by atoms with Gasteiger partial charge in [-0.15, -0.1) is 0 Å². The number of hydrogen-bond donors (Lipinski definition) is 0. The zero-order valence-electron chi connectivity index (χ0n) is 16.4. The number of benzene rings is 2. The van der Waals surface area contributed by atoms with E-state index >= 15 is 0 Å². The van der Waals surface area contributed by atoms with Gasteiger partial charge < -0.3 is 18.6 Å². The normalized spacial score (nSPS) is 14.0. The second-order valence-electron chi connectivity index (χ2n) is 7.09. The molecule has 2 heterocycles. The Labute approximate surface area is 163 Å². The Bertz CT molecular complexity index is 1090. The monoisotopic (exact) mass is 381 g/mol. The molecule has 1 aliphatic rings. The maximum atomic E-state index is 12.8. The smallest absolute Gasteiger partial charge is 0.344 e. The van der Waals surface area contributed by atoms with Crippen LogP contribution in [-0.2, 0) is 6.54 Å². The van der Waals surface area contributed by atoms with E-state index in [0.717, 1.165) is 16.7 Å². The predicted molar refractivity (Wildman–Crippen MR) is 107 cm³/mol. The third-order valence-electron chi connectivity index (χ3n) is 5.14. The van der Waals surface area contributed by atoms with E-state index in [1.54, 1.807) is 32.4 Å². The van der Waals surface area contributed by atoms with Gasteiger partial charge in [0.15, 0.2) is 0 Å². The lowest BCUT2D eigenvalue weighted by Crippen LogP contribution is -2.37. The first kappa shape index (κ1) is 18.4. The number of fused-ring (bicyclic) bond motifs is 3. The van der Waals surface area contributed by atoms with Crippen molar-refractivity contribution in [1.29, 1.82) is 0 Å². The Balaban J connectivity index is 1.86. The van der Waals surface area contributed by atoms with Crippen molar-refractivity contribution in [2.24, 2.45) is 0 Å². The zero-order chi connectivity index (χ0) is 19.8. The van der Waals surface area contributed by atoms with E-state index in [-0.39, 0.29) is 0 Å². The SMILES string of the molecule is COc1ccc(-c2cc3ccc4c(c3oc2=O)CN(C(C)C)CO4)c(OC)c1. The quantitative estimate of drug-likeness (QED) is 0.636. The van der Waals surface area contributed by atoms with Crippen molar-refractivity contribution < 1.29 is 18.6 Å². The Morgan fingerprint density at radius 2 is 1.86 bits per heavy atom. The van der Waals surface area contributed by atoms with Crippen molar-refractivity contribution in [2.45, 2.75) is 26.4 Å². The van der Waals surface area contributed by atoms with Crippen molar-refractivity contribution in [2.75, 3.05) is 21.0 Å². The van der Waals surface area contributed by atoms with Gasteiger partial charge in [-0.25, -0.2) is 4.79 Å². The highest BCUT2D eigenvalue weighted by Gasteiger charge is 2.24. The molecule has 0 spiro atoms. The molecule has 0 atom stereocenters. The van der Waals surface area contributed by atoms with E-state index in [1.807, 2.05) is 18.2 Å². The maximum Gasteiger partial charge on any atom is 0.344 e. The highest BCUT2D eigenvalue weighted by Crippen LogP contribution is 2.36. The summed E-state index contributed by atoms with van der Waals surface area (Å²) in [6.07, 6.45) is 0. The van der Waals surface area contributed by atoms with E-state index in [1.165, 1.54) is 0 Å². The molecule has 1 aliphatic heterocycles. The van der Waals surface area contributed by atoms with Gasteiger partial charge in [0.2, 0.25) is 0 Å². The Morgan fingerprint density at radius 1 is 1.04 bits per heavy atom. The van der Waals surface area contributed by atoms with Crippen LogP contribution in [-0.4, -0.2) is 31.9 Å². The van der Waals surface area contributed by atoms with Crippen molar-refractivity contribution in [3.63, 3.8) is 0 Å². The Morgan fingerprint density at radius 3 is 2.57 bits per heavy atom. The lowest BCUT2D eigenvalue weighted by Gasteiger charge is -2.32. The molecule has 6 heteroatoms. The van der Waals surface area contributed by atoms with Gasteiger partial charge in [0.05, 0.1) is 25.3 Å². The summed E-state index contributed by atoms with van der Waals surface area (Å²) in [5, 5.41) is 0.848. The molecule has 0 unspecified atom stereocenters. The van der Waals surface area contributed by atoms with Crippen molar-refractivity contribution >= 4 is 11.0 Å². The fourth-order valence-electron chi connectivity index (χ4n) is 3.45. The average molecular weight is 381 g/mol. The molecular weight excluding hydrogens is 358 g/mol. The Hall–Kier alpha value is -2.99. The first-order valence-corrected chi connectivity index (χ1v) is 9.20. The molecular formula is C22H23NO5. The van der Waals surface area contributed by atoms with Crippen LogP contribution in [0, 0.1) is 0 Å². The van der Waals surface area contributed by atoms with Crippen LogP contribution in [0.15, 0.2) is 45.6 Å². The summed E-state index contributed by atoms with van der Waals surface area (Å²) in [6, 6.07) is 11.4. The summed E-state index contributed by atoms with van der Waals surface area (Å²) in [5.41, 5.74) is 2.18. The zero-order valence-corrected chi connectivity index (χ0v) is 16.4. The lowest BCUT2D eigenvalue weighted by atomic mass is 10.0.